The van der Waals surface area contributed by atoms with Gasteiger partial charge in [0.1, 0.15) is 5.92 Å². The fourth-order valence-electron chi connectivity index (χ4n) is 4.53. The molecule has 11 heteroatoms. The molecule has 0 saturated heterocycles. The number of carbonyl (C=O) groups is 3. The largest absolute Gasteiger partial charge is 0.398 e. The average Bonchev–Trinajstić information content (AvgIpc) is 2.97. The van der Waals surface area contributed by atoms with Crippen LogP contribution in [0.3, 0.4) is 0 Å². The summed E-state index contributed by atoms with van der Waals surface area (Å²) < 4.78 is 28.5. The van der Waals surface area contributed by atoms with Crippen molar-refractivity contribution >= 4 is 61.5 Å². The van der Waals surface area contributed by atoms with Crippen LogP contribution in [-0.2, 0) is 26.0 Å². The standard InChI is InChI=1S/C31H31ClN4O5S/c1-3-36(4-2)31(39)27(30(38)35-42(40,41)25-15-11-21-7-5-6-8-22(21)18-25)17-20-9-13-24(14-10-20)34-29(37)26-19-23(32)12-16-28(26)33/h5-16,18-19,27H,3-4,17,33H2,1-2H3,(H,34,37)(H,35,38)/t27-/m1/s1. The van der Waals surface area contributed by atoms with Crippen LogP contribution in [0.1, 0.15) is 29.8 Å². The normalized spacial score (nSPS) is 12.0. The molecule has 0 aliphatic heterocycles. The van der Waals surface area contributed by atoms with Gasteiger partial charge < -0.3 is 16.0 Å². The molecule has 4 N–H and O–H groups in total. The second-order valence-corrected chi connectivity index (χ2v) is 11.7. The first-order valence-electron chi connectivity index (χ1n) is 13.3. The Morgan fingerprint density at radius 1 is 0.881 bits per heavy atom. The average molecular weight is 607 g/mol. The highest BCUT2D eigenvalue weighted by Crippen LogP contribution is 2.22. The molecule has 0 bridgehead atoms. The zero-order valence-corrected chi connectivity index (χ0v) is 24.7. The number of nitrogens with zero attached hydrogens (tertiary/aromatic N) is 1. The number of carbonyl (C=O) groups excluding carboxylic acids is 3. The summed E-state index contributed by atoms with van der Waals surface area (Å²) in [7, 11) is -4.25. The number of hydrogen-bond donors (Lipinski definition) is 3. The Morgan fingerprint density at radius 2 is 1.55 bits per heavy atom. The number of nitrogens with two attached hydrogens (primary N) is 1. The first-order chi connectivity index (χ1) is 20.0. The van der Waals surface area contributed by atoms with Gasteiger partial charge in [0.05, 0.1) is 10.5 Å². The third kappa shape index (κ3) is 7.07. The van der Waals surface area contributed by atoms with Crippen molar-refractivity contribution in [1.29, 1.82) is 0 Å². The number of fused-ring (bicyclic) bond motifs is 1. The van der Waals surface area contributed by atoms with Gasteiger partial charge in [-0.2, -0.15) is 0 Å². The molecule has 4 aromatic rings. The topological polar surface area (TPSA) is 139 Å². The Balaban J connectivity index is 1.54. The quantitative estimate of drug-likeness (QED) is 0.174. The molecule has 3 amide bonds. The summed E-state index contributed by atoms with van der Waals surface area (Å²) in [5, 5.41) is 4.67. The lowest BCUT2D eigenvalue weighted by Crippen LogP contribution is -2.46. The minimum Gasteiger partial charge on any atom is -0.398 e. The van der Waals surface area contributed by atoms with E-state index in [1.807, 2.05) is 12.1 Å². The van der Waals surface area contributed by atoms with E-state index in [4.69, 9.17) is 17.3 Å². The van der Waals surface area contributed by atoms with Crippen molar-refractivity contribution in [2.24, 2.45) is 5.92 Å². The van der Waals surface area contributed by atoms with E-state index in [-0.39, 0.29) is 22.6 Å². The number of amides is 3. The molecule has 0 aromatic heterocycles. The van der Waals surface area contributed by atoms with Gasteiger partial charge in [-0.1, -0.05) is 54.1 Å². The first-order valence-corrected chi connectivity index (χ1v) is 15.2. The van der Waals surface area contributed by atoms with E-state index >= 15 is 0 Å². The second-order valence-electron chi connectivity index (χ2n) is 9.63. The minimum atomic E-state index is -4.25. The molecule has 42 heavy (non-hydrogen) atoms. The Bertz CT molecular complexity index is 1740. The molecule has 0 saturated carbocycles. The van der Waals surface area contributed by atoms with Gasteiger partial charge in [-0.25, -0.2) is 13.1 Å². The van der Waals surface area contributed by atoms with Gasteiger partial charge in [-0.15, -0.1) is 0 Å². The van der Waals surface area contributed by atoms with Gasteiger partial charge in [-0.05, 0) is 79.1 Å². The van der Waals surface area contributed by atoms with Gasteiger partial charge in [0.25, 0.3) is 15.9 Å². The lowest BCUT2D eigenvalue weighted by atomic mass is 9.97. The van der Waals surface area contributed by atoms with E-state index in [2.05, 4.69) is 10.0 Å². The number of rotatable bonds is 10. The molecular weight excluding hydrogens is 576 g/mol. The predicted octanol–water partition coefficient (Wildman–Crippen LogP) is 4.86. The predicted molar refractivity (Wildman–Crippen MR) is 165 cm³/mol. The van der Waals surface area contributed by atoms with Crippen molar-refractivity contribution in [3.8, 4) is 0 Å². The molecule has 0 spiro atoms. The molecule has 218 valence electrons. The van der Waals surface area contributed by atoms with Crippen LogP contribution in [0.4, 0.5) is 11.4 Å². The smallest absolute Gasteiger partial charge is 0.264 e. The van der Waals surface area contributed by atoms with E-state index in [9.17, 15) is 22.8 Å². The Kier molecular flexibility index (Phi) is 9.49. The molecule has 0 radical (unpaired) electrons. The SMILES string of the molecule is CCN(CC)C(=O)[C@H](Cc1ccc(NC(=O)c2cc(Cl)ccc2N)cc1)C(=O)NS(=O)(=O)c1ccc2ccccc2c1. The summed E-state index contributed by atoms with van der Waals surface area (Å²) in [5.41, 5.74) is 7.45. The lowest BCUT2D eigenvalue weighted by molar-refractivity contribution is -0.141. The Hall–Kier alpha value is -4.41. The van der Waals surface area contributed by atoms with Crippen LogP contribution in [0.25, 0.3) is 10.8 Å². The van der Waals surface area contributed by atoms with Gasteiger partial charge in [0.15, 0.2) is 0 Å². The van der Waals surface area contributed by atoms with Crippen molar-refractivity contribution in [2.45, 2.75) is 25.2 Å². The summed E-state index contributed by atoms with van der Waals surface area (Å²) >= 11 is 5.99. The van der Waals surface area contributed by atoms with Crippen molar-refractivity contribution in [1.82, 2.24) is 9.62 Å². The Labute approximate surface area is 249 Å². The number of nitrogens with one attached hydrogen (secondary N) is 2. The third-order valence-electron chi connectivity index (χ3n) is 6.87. The molecule has 0 unspecified atom stereocenters. The summed E-state index contributed by atoms with van der Waals surface area (Å²) in [6.45, 7) is 4.28. The van der Waals surface area contributed by atoms with Crippen LogP contribution >= 0.6 is 11.6 Å². The monoisotopic (exact) mass is 606 g/mol. The maximum Gasteiger partial charge on any atom is 0.264 e. The van der Waals surface area contributed by atoms with E-state index in [1.54, 1.807) is 68.4 Å². The van der Waals surface area contributed by atoms with Crippen molar-refractivity contribution in [2.75, 3.05) is 24.1 Å². The molecule has 0 aliphatic rings. The van der Waals surface area contributed by atoms with Gasteiger partial charge in [-0.3, -0.25) is 14.4 Å². The van der Waals surface area contributed by atoms with Crippen molar-refractivity contribution in [3.63, 3.8) is 0 Å². The van der Waals surface area contributed by atoms with Crippen LogP contribution in [-0.4, -0.2) is 44.1 Å². The van der Waals surface area contributed by atoms with Crippen LogP contribution in [0.15, 0.2) is 89.8 Å². The second kappa shape index (κ2) is 13.1. The molecule has 0 fully saturated rings. The van der Waals surface area contributed by atoms with Gasteiger partial charge in [0.2, 0.25) is 11.8 Å². The van der Waals surface area contributed by atoms with Crippen LogP contribution < -0.4 is 15.8 Å². The number of benzene rings is 4. The molecule has 1 atom stereocenters. The number of nitrogen functional groups attached to an aromatic ring is 1. The maximum absolute atomic E-state index is 13.4. The van der Waals surface area contributed by atoms with Gasteiger partial charge >= 0.3 is 0 Å². The summed E-state index contributed by atoms with van der Waals surface area (Å²) in [4.78, 5) is 40.8. The number of halogens is 1. The molecule has 4 aromatic carbocycles. The molecule has 4 rings (SSSR count). The summed E-state index contributed by atoms with van der Waals surface area (Å²) in [6.07, 6.45) is -0.0517. The Morgan fingerprint density at radius 3 is 2.21 bits per heavy atom. The van der Waals surface area contributed by atoms with E-state index in [0.717, 1.165) is 5.39 Å². The summed E-state index contributed by atoms with van der Waals surface area (Å²) in [6, 6.07) is 23.0. The number of hydrogen-bond acceptors (Lipinski definition) is 6. The zero-order chi connectivity index (χ0) is 30.4. The zero-order valence-electron chi connectivity index (χ0n) is 23.1. The number of sulfonamides is 1. The molecular formula is C31H31ClN4O5S. The van der Waals surface area contributed by atoms with Crippen LogP contribution in [0.2, 0.25) is 5.02 Å². The first kappa shape index (κ1) is 30.5. The van der Waals surface area contributed by atoms with Crippen molar-refractivity contribution < 1.29 is 22.8 Å². The molecule has 9 nitrogen and oxygen atoms in total. The number of anilines is 2. The highest BCUT2D eigenvalue weighted by molar-refractivity contribution is 7.90. The highest BCUT2D eigenvalue weighted by Gasteiger charge is 2.33. The highest BCUT2D eigenvalue weighted by atomic mass is 35.5. The minimum absolute atomic E-state index is 0.0517. The van der Waals surface area contributed by atoms with E-state index in [0.29, 0.717) is 34.7 Å². The summed E-state index contributed by atoms with van der Waals surface area (Å²) in [5.74, 6) is -3.16. The van der Waals surface area contributed by atoms with E-state index < -0.39 is 33.7 Å². The third-order valence-corrected chi connectivity index (χ3v) is 8.45. The van der Waals surface area contributed by atoms with E-state index in [1.165, 1.54) is 23.1 Å². The van der Waals surface area contributed by atoms with Gasteiger partial charge in [0, 0.05) is 29.5 Å². The fraction of sp³-hybridized carbons (Fsp3) is 0.194. The lowest BCUT2D eigenvalue weighted by Gasteiger charge is -2.25. The molecule has 0 heterocycles. The van der Waals surface area contributed by atoms with Crippen LogP contribution in [0.5, 0.6) is 0 Å². The fourth-order valence-corrected chi connectivity index (χ4v) is 5.75. The van der Waals surface area contributed by atoms with Crippen molar-refractivity contribution in [3.05, 3.63) is 101 Å². The van der Waals surface area contributed by atoms with Crippen LogP contribution in [0, 0.1) is 5.92 Å². The molecule has 0 aliphatic carbocycles. The maximum atomic E-state index is 13.4.